The maximum atomic E-state index is 8.83. The van der Waals surface area contributed by atoms with Crippen LogP contribution in [0.4, 0.5) is 0 Å². The van der Waals surface area contributed by atoms with Crippen molar-refractivity contribution in [2.24, 2.45) is 5.73 Å². The molecule has 0 aliphatic carbocycles. The molecule has 86 valence electrons. The van der Waals surface area contributed by atoms with E-state index in [2.05, 4.69) is 15.1 Å². The van der Waals surface area contributed by atoms with Crippen LogP contribution >= 0.6 is 11.3 Å². The van der Waals surface area contributed by atoms with Crippen LogP contribution in [0.5, 0.6) is 0 Å². The number of aryl methyl sites for hydroxylation is 1. The smallest absolute Gasteiger partial charge is 0.245 e. The molecule has 0 radical (unpaired) electrons. The number of thiazole rings is 1. The lowest BCUT2D eigenvalue weighted by Gasteiger charge is -1.98. The van der Waals surface area contributed by atoms with Gasteiger partial charge in [-0.1, -0.05) is 5.16 Å². The van der Waals surface area contributed by atoms with Gasteiger partial charge in [-0.05, 0) is 6.92 Å². The fraction of sp³-hybridized carbons (Fsp3) is 0.444. The number of hydrogen-bond donors (Lipinski definition) is 2. The predicted molar refractivity (Wildman–Crippen MR) is 58.0 cm³/mol. The zero-order chi connectivity index (χ0) is 11.5. The van der Waals surface area contributed by atoms with E-state index in [1.165, 1.54) is 0 Å². The van der Waals surface area contributed by atoms with Gasteiger partial charge >= 0.3 is 0 Å². The van der Waals surface area contributed by atoms with E-state index in [-0.39, 0.29) is 12.5 Å². The Kier molecular flexibility index (Phi) is 3.28. The lowest BCUT2D eigenvalue weighted by atomic mass is 10.3. The Labute approximate surface area is 96.1 Å². The maximum absolute atomic E-state index is 8.83. The van der Waals surface area contributed by atoms with Crippen molar-refractivity contribution in [1.29, 1.82) is 0 Å². The molecule has 0 fully saturated rings. The second-order valence-corrected chi connectivity index (χ2v) is 4.43. The summed E-state index contributed by atoms with van der Waals surface area (Å²) in [6.07, 6.45) is 0.520. The quantitative estimate of drug-likeness (QED) is 0.803. The molecule has 0 aliphatic rings. The van der Waals surface area contributed by atoms with Gasteiger partial charge in [0.15, 0.2) is 5.82 Å². The Balaban J connectivity index is 2.08. The summed E-state index contributed by atoms with van der Waals surface area (Å²) in [5.41, 5.74) is 6.45. The van der Waals surface area contributed by atoms with Crippen molar-refractivity contribution in [3.8, 4) is 0 Å². The molecule has 16 heavy (non-hydrogen) atoms. The van der Waals surface area contributed by atoms with Crippen LogP contribution in [0.15, 0.2) is 9.90 Å². The van der Waals surface area contributed by atoms with Gasteiger partial charge in [0.1, 0.15) is 6.04 Å². The Hall–Kier alpha value is -1.31. The van der Waals surface area contributed by atoms with Gasteiger partial charge in [-0.25, -0.2) is 4.98 Å². The van der Waals surface area contributed by atoms with Gasteiger partial charge in [-0.2, -0.15) is 4.98 Å². The number of aromatic nitrogens is 3. The van der Waals surface area contributed by atoms with Gasteiger partial charge in [0.2, 0.25) is 5.89 Å². The summed E-state index contributed by atoms with van der Waals surface area (Å²) in [6, 6.07) is -0.613. The fourth-order valence-electron chi connectivity index (χ4n) is 1.22. The summed E-state index contributed by atoms with van der Waals surface area (Å²) >= 11 is 1.58. The molecule has 0 aromatic carbocycles. The summed E-state index contributed by atoms with van der Waals surface area (Å²) in [4.78, 5) is 8.38. The predicted octanol–water partition coefficient (Wildman–Crippen LogP) is 0.417. The Bertz CT molecular complexity index is 468. The number of nitrogens with zero attached hydrogens (tertiary/aromatic N) is 3. The van der Waals surface area contributed by atoms with Crippen LogP contribution in [0, 0.1) is 6.92 Å². The van der Waals surface area contributed by atoms with Crippen molar-refractivity contribution in [2.45, 2.75) is 19.4 Å². The standard InChI is InChI=1S/C9H12N4O2S/c1-5-11-6(4-16-5)2-8-12-9(15-13-8)7(10)3-14/h4,7,14H,2-3,10H2,1H3/t7-/m0/s1. The van der Waals surface area contributed by atoms with Crippen molar-refractivity contribution in [2.75, 3.05) is 6.61 Å². The van der Waals surface area contributed by atoms with Gasteiger partial charge < -0.3 is 15.4 Å². The normalized spacial score (nSPS) is 12.9. The molecule has 0 aliphatic heterocycles. The minimum absolute atomic E-state index is 0.211. The lowest BCUT2D eigenvalue weighted by Crippen LogP contribution is -2.14. The van der Waals surface area contributed by atoms with E-state index in [0.717, 1.165) is 10.7 Å². The first-order chi connectivity index (χ1) is 7.69. The highest BCUT2D eigenvalue weighted by Crippen LogP contribution is 2.13. The number of aliphatic hydroxyl groups excluding tert-OH is 1. The number of rotatable bonds is 4. The van der Waals surface area contributed by atoms with Crippen LogP contribution in [0.1, 0.15) is 28.5 Å². The van der Waals surface area contributed by atoms with Gasteiger partial charge in [0, 0.05) is 5.38 Å². The van der Waals surface area contributed by atoms with E-state index in [9.17, 15) is 0 Å². The molecule has 2 aromatic heterocycles. The Morgan fingerprint density at radius 2 is 2.38 bits per heavy atom. The van der Waals surface area contributed by atoms with Crippen LogP contribution in [-0.4, -0.2) is 26.8 Å². The highest BCUT2D eigenvalue weighted by Gasteiger charge is 2.14. The Morgan fingerprint density at radius 3 is 3.00 bits per heavy atom. The number of hydrogen-bond acceptors (Lipinski definition) is 7. The summed E-state index contributed by atoms with van der Waals surface area (Å²) in [5, 5.41) is 15.6. The molecule has 6 nitrogen and oxygen atoms in total. The average molecular weight is 240 g/mol. The van der Waals surface area contributed by atoms with Gasteiger partial charge in [0.05, 0.1) is 23.7 Å². The second-order valence-electron chi connectivity index (χ2n) is 3.37. The summed E-state index contributed by atoms with van der Waals surface area (Å²) in [7, 11) is 0. The highest BCUT2D eigenvalue weighted by atomic mass is 32.1. The number of nitrogens with two attached hydrogens (primary N) is 1. The zero-order valence-electron chi connectivity index (χ0n) is 8.75. The topological polar surface area (TPSA) is 98.1 Å². The molecule has 0 bridgehead atoms. The molecule has 0 saturated heterocycles. The summed E-state index contributed by atoms with van der Waals surface area (Å²) in [5.74, 6) is 0.786. The van der Waals surface area contributed by atoms with Crippen molar-refractivity contribution in [3.63, 3.8) is 0 Å². The van der Waals surface area contributed by atoms with Crippen molar-refractivity contribution in [1.82, 2.24) is 15.1 Å². The van der Waals surface area contributed by atoms with Gasteiger partial charge in [-0.3, -0.25) is 0 Å². The van der Waals surface area contributed by atoms with Gasteiger partial charge in [0.25, 0.3) is 0 Å². The SMILES string of the molecule is Cc1nc(Cc2noc([C@@H](N)CO)n2)cs1. The molecule has 0 spiro atoms. The molecule has 1 atom stereocenters. The third-order valence-electron chi connectivity index (χ3n) is 2.00. The first kappa shape index (κ1) is 11.2. The molecular weight excluding hydrogens is 228 g/mol. The number of aliphatic hydroxyl groups is 1. The molecular formula is C9H12N4O2S. The maximum Gasteiger partial charge on any atom is 0.245 e. The van der Waals surface area contributed by atoms with Crippen LogP contribution in [0.25, 0.3) is 0 Å². The van der Waals surface area contributed by atoms with E-state index in [1.54, 1.807) is 11.3 Å². The molecule has 2 aromatic rings. The van der Waals surface area contributed by atoms with Gasteiger partial charge in [-0.15, -0.1) is 11.3 Å². The largest absolute Gasteiger partial charge is 0.394 e. The molecule has 0 unspecified atom stereocenters. The lowest BCUT2D eigenvalue weighted by molar-refractivity contribution is 0.236. The molecule has 2 rings (SSSR count). The first-order valence-corrected chi connectivity index (χ1v) is 5.67. The van der Waals surface area contributed by atoms with E-state index in [0.29, 0.717) is 12.2 Å². The average Bonchev–Trinajstić information content (AvgIpc) is 2.87. The van der Waals surface area contributed by atoms with Crippen LogP contribution in [0.2, 0.25) is 0 Å². The van der Waals surface area contributed by atoms with E-state index in [4.69, 9.17) is 15.4 Å². The third-order valence-corrected chi connectivity index (χ3v) is 2.83. The van der Waals surface area contributed by atoms with Crippen LogP contribution in [-0.2, 0) is 6.42 Å². The van der Waals surface area contributed by atoms with Crippen molar-refractivity contribution in [3.05, 3.63) is 27.8 Å². The molecule has 3 N–H and O–H groups in total. The van der Waals surface area contributed by atoms with E-state index < -0.39 is 6.04 Å². The van der Waals surface area contributed by atoms with E-state index in [1.807, 2.05) is 12.3 Å². The van der Waals surface area contributed by atoms with Crippen molar-refractivity contribution < 1.29 is 9.63 Å². The highest BCUT2D eigenvalue weighted by molar-refractivity contribution is 7.09. The second kappa shape index (κ2) is 4.69. The van der Waals surface area contributed by atoms with Crippen LogP contribution < -0.4 is 5.73 Å². The molecule has 7 heteroatoms. The van der Waals surface area contributed by atoms with Crippen LogP contribution in [0.3, 0.4) is 0 Å². The summed E-state index contributed by atoms with van der Waals surface area (Å²) < 4.78 is 4.93. The zero-order valence-corrected chi connectivity index (χ0v) is 9.57. The van der Waals surface area contributed by atoms with Crippen molar-refractivity contribution >= 4 is 11.3 Å². The Morgan fingerprint density at radius 1 is 1.56 bits per heavy atom. The fourth-order valence-corrected chi connectivity index (χ4v) is 1.83. The summed E-state index contributed by atoms with van der Waals surface area (Å²) in [6.45, 7) is 1.73. The molecule has 0 saturated carbocycles. The minimum Gasteiger partial charge on any atom is -0.394 e. The molecule has 0 amide bonds. The monoisotopic (exact) mass is 240 g/mol. The first-order valence-electron chi connectivity index (χ1n) is 4.79. The minimum atomic E-state index is -0.613. The van der Waals surface area contributed by atoms with E-state index >= 15 is 0 Å². The third kappa shape index (κ3) is 2.43. The molecule has 2 heterocycles.